The van der Waals surface area contributed by atoms with Gasteiger partial charge >= 0.3 is 0 Å². The van der Waals surface area contributed by atoms with Gasteiger partial charge in [0.1, 0.15) is 0 Å². The van der Waals surface area contributed by atoms with E-state index in [0.717, 1.165) is 18.8 Å². The molecule has 74 valence electrons. The van der Waals surface area contributed by atoms with Crippen LogP contribution in [0.4, 0.5) is 0 Å². The highest BCUT2D eigenvalue weighted by Gasteiger charge is 2.57. The summed E-state index contributed by atoms with van der Waals surface area (Å²) in [6.45, 7) is 3.97. The summed E-state index contributed by atoms with van der Waals surface area (Å²) in [6, 6.07) is 0. The molecule has 0 bridgehead atoms. The second-order valence-corrected chi connectivity index (χ2v) is 5.03. The Balaban J connectivity index is 1.78. The van der Waals surface area contributed by atoms with E-state index in [1.807, 2.05) is 12.3 Å². The van der Waals surface area contributed by atoms with Gasteiger partial charge in [-0.2, -0.15) is 0 Å². The molecule has 3 rings (SSSR count). The molecule has 1 aromatic heterocycles. The zero-order valence-electron chi connectivity index (χ0n) is 7.99. The molecule has 0 radical (unpaired) electrons. The topological polar surface area (TPSA) is 42.0 Å². The van der Waals surface area contributed by atoms with Crippen molar-refractivity contribution in [2.45, 2.75) is 6.92 Å². The van der Waals surface area contributed by atoms with Gasteiger partial charge in [-0.05, 0) is 31.8 Å². The Bertz CT molecular complexity index is 377. The Morgan fingerprint density at radius 1 is 1.57 bits per heavy atom. The maximum Gasteiger partial charge on any atom is 0.195 e. The van der Waals surface area contributed by atoms with Crippen LogP contribution < -0.4 is 5.32 Å². The molecule has 3 nitrogen and oxygen atoms in total. The molecule has 1 N–H and O–H groups in total. The zero-order valence-corrected chi connectivity index (χ0v) is 8.80. The minimum atomic E-state index is 0.277. The standard InChI is InChI=1S/C10H12N2OS/c1-5-4-14-10(12-5)9(13)8-6-2-11-3-7(6)8/h4,6-8,11H,2-3H2,1H3. The molecule has 1 aliphatic heterocycles. The normalized spacial score (nSPS) is 34.2. The molecule has 4 heteroatoms. The van der Waals surface area contributed by atoms with Crippen LogP contribution in [0.5, 0.6) is 0 Å². The first-order valence-electron chi connectivity index (χ1n) is 4.94. The summed E-state index contributed by atoms with van der Waals surface area (Å²) in [4.78, 5) is 16.2. The van der Waals surface area contributed by atoms with Gasteiger partial charge in [-0.1, -0.05) is 0 Å². The number of hydrogen-bond acceptors (Lipinski definition) is 4. The van der Waals surface area contributed by atoms with Crippen LogP contribution in [-0.4, -0.2) is 23.9 Å². The van der Waals surface area contributed by atoms with Gasteiger partial charge in [0.15, 0.2) is 10.8 Å². The largest absolute Gasteiger partial charge is 0.316 e. The third-order valence-corrected chi connectivity index (χ3v) is 4.20. The van der Waals surface area contributed by atoms with Gasteiger partial charge in [0, 0.05) is 17.0 Å². The number of aromatic nitrogens is 1. The van der Waals surface area contributed by atoms with Crippen LogP contribution in [0.25, 0.3) is 0 Å². The monoisotopic (exact) mass is 208 g/mol. The van der Waals surface area contributed by atoms with E-state index in [1.165, 1.54) is 11.3 Å². The highest BCUT2D eigenvalue weighted by Crippen LogP contribution is 2.50. The van der Waals surface area contributed by atoms with Gasteiger partial charge in [-0.3, -0.25) is 4.79 Å². The maximum atomic E-state index is 12.0. The zero-order chi connectivity index (χ0) is 9.71. The van der Waals surface area contributed by atoms with Gasteiger partial charge in [-0.15, -0.1) is 11.3 Å². The fraction of sp³-hybridized carbons (Fsp3) is 0.600. The lowest BCUT2D eigenvalue weighted by Gasteiger charge is -2.00. The number of fused-ring (bicyclic) bond motifs is 1. The molecule has 2 atom stereocenters. The van der Waals surface area contributed by atoms with Gasteiger partial charge < -0.3 is 5.32 Å². The molecule has 2 fully saturated rings. The van der Waals surface area contributed by atoms with Gasteiger partial charge in [0.05, 0.1) is 0 Å². The van der Waals surface area contributed by atoms with Crippen LogP contribution in [0.15, 0.2) is 5.38 Å². The van der Waals surface area contributed by atoms with E-state index < -0.39 is 0 Å². The molecular weight excluding hydrogens is 196 g/mol. The first-order valence-corrected chi connectivity index (χ1v) is 5.82. The molecule has 2 aliphatic rings. The van der Waals surface area contributed by atoms with Crippen LogP contribution in [0.2, 0.25) is 0 Å². The Kier molecular flexibility index (Phi) is 1.76. The van der Waals surface area contributed by atoms with Crippen molar-refractivity contribution in [1.82, 2.24) is 10.3 Å². The molecule has 0 spiro atoms. The summed E-state index contributed by atoms with van der Waals surface area (Å²) >= 11 is 1.48. The summed E-state index contributed by atoms with van der Waals surface area (Å²) in [6.07, 6.45) is 0. The third kappa shape index (κ3) is 1.14. The molecule has 1 saturated carbocycles. The minimum Gasteiger partial charge on any atom is -0.316 e. The van der Waals surface area contributed by atoms with Crippen molar-refractivity contribution in [3.05, 3.63) is 16.1 Å². The van der Waals surface area contributed by atoms with E-state index in [0.29, 0.717) is 16.8 Å². The van der Waals surface area contributed by atoms with E-state index in [-0.39, 0.29) is 11.7 Å². The number of aryl methyl sites for hydroxylation is 1. The SMILES string of the molecule is Cc1csc(C(=O)C2C3CNCC32)n1. The van der Waals surface area contributed by atoms with Crippen molar-refractivity contribution in [2.75, 3.05) is 13.1 Å². The number of piperidine rings is 1. The Morgan fingerprint density at radius 2 is 2.29 bits per heavy atom. The second kappa shape index (κ2) is 2.87. The lowest BCUT2D eigenvalue weighted by atomic mass is 10.2. The summed E-state index contributed by atoms with van der Waals surface area (Å²) in [5, 5.41) is 5.95. The number of ketones is 1. The predicted molar refractivity (Wildman–Crippen MR) is 54.5 cm³/mol. The summed E-state index contributed by atoms with van der Waals surface area (Å²) in [5.41, 5.74) is 0.960. The van der Waals surface area contributed by atoms with E-state index in [2.05, 4.69) is 10.3 Å². The summed E-state index contributed by atoms with van der Waals surface area (Å²) in [7, 11) is 0. The second-order valence-electron chi connectivity index (χ2n) is 4.17. The van der Waals surface area contributed by atoms with Gasteiger partial charge in [-0.25, -0.2) is 4.98 Å². The quantitative estimate of drug-likeness (QED) is 0.740. The van der Waals surface area contributed by atoms with Gasteiger partial charge in [0.25, 0.3) is 0 Å². The average molecular weight is 208 g/mol. The maximum absolute atomic E-state index is 12.0. The van der Waals surface area contributed by atoms with E-state index in [9.17, 15) is 4.79 Å². The number of rotatable bonds is 2. The van der Waals surface area contributed by atoms with Crippen molar-refractivity contribution in [3.8, 4) is 0 Å². The molecule has 2 unspecified atom stereocenters. The fourth-order valence-electron chi connectivity index (χ4n) is 2.42. The fourth-order valence-corrected chi connectivity index (χ4v) is 3.20. The number of nitrogens with one attached hydrogen (secondary N) is 1. The van der Waals surface area contributed by atoms with E-state index >= 15 is 0 Å². The number of carbonyl (C=O) groups is 1. The van der Waals surface area contributed by atoms with Crippen LogP contribution in [0.1, 0.15) is 15.5 Å². The predicted octanol–water partition coefficient (Wildman–Crippen LogP) is 1.10. The van der Waals surface area contributed by atoms with E-state index in [1.54, 1.807) is 0 Å². The Labute approximate surface area is 86.5 Å². The molecule has 1 saturated heterocycles. The van der Waals surface area contributed by atoms with E-state index in [4.69, 9.17) is 0 Å². The van der Waals surface area contributed by atoms with Crippen LogP contribution in [-0.2, 0) is 0 Å². The number of Topliss-reactive ketones (excluding diaryl/α,β-unsaturated/α-hetero) is 1. The van der Waals surface area contributed by atoms with Crippen molar-refractivity contribution >= 4 is 17.1 Å². The molecule has 0 amide bonds. The molecule has 14 heavy (non-hydrogen) atoms. The lowest BCUT2D eigenvalue weighted by molar-refractivity contribution is 0.0952. The van der Waals surface area contributed by atoms with Crippen molar-refractivity contribution in [1.29, 1.82) is 0 Å². The Morgan fingerprint density at radius 3 is 2.86 bits per heavy atom. The highest BCUT2D eigenvalue weighted by atomic mass is 32.1. The summed E-state index contributed by atoms with van der Waals surface area (Å²) in [5.74, 6) is 1.76. The lowest BCUT2D eigenvalue weighted by Crippen LogP contribution is -2.18. The van der Waals surface area contributed by atoms with Crippen LogP contribution >= 0.6 is 11.3 Å². The first kappa shape index (κ1) is 8.56. The van der Waals surface area contributed by atoms with Gasteiger partial charge in [0.2, 0.25) is 0 Å². The number of hydrogen-bond donors (Lipinski definition) is 1. The molecule has 2 heterocycles. The average Bonchev–Trinajstić information content (AvgIpc) is 2.56. The van der Waals surface area contributed by atoms with Crippen molar-refractivity contribution < 1.29 is 4.79 Å². The van der Waals surface area contributed by atoms with Crippen LogP contribution in [0, 0.1) is 24.7 Å². The third-order valence-electron chi connectivity index (χ3n) is 3.22. The van der Waals surface area contributed by atoms with Crippen molar-refractivity contribution in [3.63, 3.8) is 0 Å². The smallest absolute Gasteiger partial charge is 0.195 e. The molecule has 0 aromatic carbocycles. The number of thiazole rings is 1. The van der Waals surface area contributed by atoms with Crippen LogP contribution in [0.3, 0.4) is 0 Å². The first-order chi connectivity index (χ1) is 6.77. The molecule has 1 aliphatic carbocycles. The minimum absolute atomic E-state index is 0.277. The summed E-state index contributed by atoms with van der Waals surface area (Å²) < 4.78 is 0. The molecular formula is C10H12N2OS. The molecule has 1 aromatic rings. The Hall–Kier alpha value is -0.740. The number of nitrogens with zero attached hydrogens (tertiary/aromatic N) is 1. The number of carbonyl (C=O) groups excluding carboxylic acids is 1. The highest BCUT2D eigenvalue weighted by molar-refractivity contribution is 7.11. The van der Waals surface area contributed by atoms with Crippen molar-refractivity contribution in [2.24, 2.45) is 17.8 Å².